The van der Waals surface area contributed by atoms with E-state index in [1.165, 1.54) is 0 Å². The third-order valence-electron chi connectivity index (χ3n) is 2.65. The van der Waals surface area contributed by atoms with Crippen LogP contribution in [0.25, 0.3) is 0 Å². The Morgan fingerprint density at radius 3 is 2.71 bits per heavy atom. The van der Waals surface area contributed by atoms with Gasteiger partial charge in [0.2, 0.25) is 5.91 Å². The summed E-state index contributed by atoms with van der Waals surface area (Å²) in [6, 6.07) is -0.225. The van der Waals surface area contributed by atoms with Crippen LogP contribution >= 0.6 is 0 Å². The number of hydrogen-bond acceptors (Lipinski definition) is 3. The number of nitrogens with zero attached hydrogens (tertiary/aromatic N) is 1. The van der Waals surface area contributed by atoms with Crippen molar-refractivity contribution >= 4 is 5.91 Å². The molecule has 82 valence electrons. The van der Waals surface area contributed by atoms with Gasteiger partial charge >= 0.3 is 0 Å². The summed E-state index contributed by atoms with van der Waals surface area (Å²) in [6.45, 7) is 7.84. The second-order valence-electron chi connectivity index (χ2n) is 4.23. The van der Waals surface area contributed by atoms with E-state index >= 15 is 0 Å². The van der Waals surface area contributed by atoms with Gasteiger partial charge < -0.3 is 15.4 Å². The summed E-state index contributed by atoms with van der Waals surface area (Å²) in [6.07, 6.45) is 0. The van der Waals surface area contributed by atoms with Gasteiger partial charge in [0.1, 0.15) is 0 Å². The first-order valence-corrected chi connectivity index (χ1v) is 5.18. The third kappa shape index (κ3) is 2.45. The molecular formula is C10H20N2O2. The first-order chi connectivity index (χ1) is 6.54. The maximum Gasteiger partial charge on any atom is 0.240 e. The number of amides is 1. The van der Waals surface area contributed by atoms with E-state index < -0.39 is 0 Å². The zero-order chi connectivity index (χ0) is 10.7. The fraction of sp³-hybridized carbons (Fsp3) is 0.900. The van der Waals surface area contributed by atoms with Gasteiger partial charge in [-0.3, -0.25) is 4.79 Å². The van der Waals surface area contributed by atoms with Gasteiger partial charge in [-0.1, -0.05) is 13.8 Å². The zero-order valence-electron chi connectivity index (χ0n) is 9.19. The van der Waals surface area contributed by atoms with Crippen LogP contribution in [0.15, 0.2) is 0 Å². The standard InChI is InChI=1S/C10H20N2O2/c1-7(2)9(11)10(13)12-4-5-14-6-8(12)3/h7-9H,4-6,11H2,1-3H3/t8-,9-/m1/s1. The van der Waals surface area contributed by atoms with Crippen LogP contribution in [0.1, 0.15) is 20.8 Å². The van der Waals surface area contributed by atoms with E-state index in [4.69, 9.17) is 10.5 Å². The van der Waals surface area contributed by atoms with Crippen LogP contribution < -0.4 is 5.73 Å². The topological polar surface area (TPSA) is 55.6 Å². The maximum absolute atomic E-state index is 11.9. The van der Waals surface area contributed by atoms with Crippen molar-refractivity contribution in [1.82, 2.24) is 4.90 Å². The van der Waals surface area contributed by atoms with Crippen LogP contribution in [0.3, 0.4) is 0 Å². The van der Waals surface area contributed by atoms with Gasteiger partial charge in [-0.25, -0.2) is 0 Å². The Bertz CT molecular complexity index is 206. The molecule has 0 radical (unpaired) electrons. The molecule has 1 rings (SSSR count). The van der Waals surface area contributed by atoms with Crippen molar-refractivity contribution in [2.75, 3.05) is 19.8 Å². The lowest BCUT2D eigenvalue weighted by atomic mass is 10.0. The largest absolute Gasteiger partial charge is 0.377 e. The van der Waals surface area contributed by atoms with Gasteiger partial charge in [0.15, 0.2) is 0 Å². The Kier molecular flexibility index (Phi) is 3.89. The molecular weight excluding hydrogens is 180 g/mol. The van der Waals surface area contributed by atoms with Crippen LogP contribution in [-0.2, 0) is 9.53 Å². The highest BCUT2D eigenvalue weighted by molar-refractivity contribution is 5.82. The molecule has 1 amide bonds. The van der Waals surface area contributed by atoms with Crippen molar-refractivity contribution in [2.45, 2.75) is 32.9 Å². The highest BCUT2D eigenvalue weighted by Gasteiger charge is 2.28. The maximum atomic E-state index is 11.9. The van der Waals surface area contributed by atoms with E-state index in [0.29, 0.717) is 19.8 Å². The Morgan fingerprint density at radius 1 is 1.57 bits per heavy atom. The first kappa shape index (κ1) is 11.5. The molecule has 0 aliphatic carbocycles. The van der Waals surface area contributed by atoms with Gasteiger partial charge in [-0.2, -0.15) is 0 Å². The van der Waals surface area contributed by atoms with Crippen molar-refractivity contribution in [3.05, 3.63) is 0 Å². The number of nitrogens with two attached hydrogens (primary N) is 1. The molecule has 1 fully saturated rings. The highest BCUT2D eigenvalue weighted by atomic mass is 16.5. The lowest BCUT2D eigenvalue weighted by molar-refractivity contribution is -0.141. The van der Waals surface area contributed by atoms with E-state index in [1.807, 2.05) is 25.7 Å². The Hall–Kier alpha value is -0.610. The van der Waals surface area contributed by atoms with Gasteiger partial charge in [0.05, 0.1) is 25.3 Å². The van der Waals surface area contributed by atoms with Crippen LogP contribution in [0.4, 0.5) is 0 Å². The number of morpholine rings is 1. The lowest BCUT2D eigenvalue weighted by Gasteiger charge is -2.35. The predicted octanol–water partition coefficient (Wildman–Crippen LogP) is 0.217. The average Bonchev–Trinajstić information content (AvgIpc) is 2.16. The zero-order valence-corrected chi connectivity index (χ0v) is 9.19. The quantitative estimate of drug-likeness (QED) is 0.693. The van der Waals surface area contributed by atoms with Gasteiger partial charge in [0.25, 0.3) is 0 Å². The minimum atomic E-state index is -0.379. The number of carbonyl (C=O) groups excluding carboxylic acids is 1. The molecule has 0 unspecified atom stereocenters. The molecule has 0 spiro atoms. The summed E-state index contributed by atoms with van der Waals surface area (Å²) in [4.78, 5) is 13.7. The molecule has 0 saturated carbocycles. The molecule has 14 heavy (non-hydrogen) atoms. The third-order valence-corrected chi connectivity index (χ3v) is 2.65. The molecule has 0 aromatic heterocycles. The Labute approximate surface area is 85.4 Å². The van der Waals surface area contributed by atoms with Crippen molar-refractivity contribution < 1.29 is 9.53 Å². The lowest BCUT2D eigenvalue weighted by Crippen LogP contribution is -2.54. The van der Waals surface area contributed by atoms with E-state index in [1.54, 1.807) is 0 Å². The number of hydrogen-bond donors (Lipinski definition) is 1. The summed E-state index contributed by atoms with van der Waals surface area (Å²) in [5.74, 6) is 0.244. The van der Waals surface area contributed by atoms with E-state index in [9.17, 15) is 4.79 Å². The van der Waals surface area contributed by atoms with Crippen molar-refractivity contribution in [3.63, 3.8) is 0 Å². The second-order valence-corrected chi connectivity index (χ2v) is 4.23. The highest BCUT2D eigenvalue weighted by Crippen LogP contribution is 2.10. The van der Waals surface area contributed by atoms with Crippen LogP contribution in [0, 0.1) is 5.92 Å². The predicted molar refractivity (Wildman–Crippen MR) is 54.8 cm³/mol. The minimum absolute atomic E-state index is 0.0517. The van der Waals surface area contributed by atoms with Crippen molar-refractivity contribution in [2.24, 2.45) is 11.7 Å². The number of carbonyl (C=O) groups is 1. The van der Waals surface area contributed by atoms with Gasteiger partial charge in [-0.15, -0.1) is 0 Å². The van der Waals surface area contributed by atoms with Gasteiger partial charge in [0, 0.05) is 6.54 Å². The summed E-state index contributed by atoms with van der Waals surface area (Å²) in [7, 11) is 0. The van der Waals surface area contributed by atoms with Crippen molar-refractivity contribution in [3.8, 4) is 0 Å². The fourth-order valence-corrected chi connectivity index (χ4v) is 1.53. The molecule has 4 nitrogen and oxygen atoms in total. The summed E-state index contributed by atoms with van der Waals surface area (Å²) >= 11 is 0. The fourth-order valence-electron chi connectivity index (χ4n) is 1.53. The molecule has 1 aliphatic heterocycles. The molecule has 1 saturated heterocycles. The molecule has 0 bridgehead atoms. The summed E-state index contributed by atoms with van der Waals surface area (Å²) < 4.78 is 5.27. The molecule has 0 aromatic rings. The second kappa shape index (κ2) is 4.75. The molecule has 2 N–H and O–H groups in total. The SMILES string of the molecule is CC(C)[C@@H](N)C(=O)N1CCOC[C@H]1C. The molecule has 1 heterocycles. The van der Waals surface area contributed by atoms with Crippen LogP contribution in [-0.4, -0.2) is 42.6 Å². The Balaban J connectivity index is 2.58. The monoisotopic (exact) mass is 200 g/mol. The smallest absolute Gasteiger partial charge is 0.240 e. The van der Waals surface area contributed by atoms with Crippen LogP contribution in [0.5, 0.6) is 0 Å². The van der Waals surface area contributed by atoms with E-state index in [0.717, 1.165) is 0 Å². The molecule has 4 heteroatoms. The number of rotatable bonds is 2. The molecule has 2 atom stereocenters. The minimum Gasteiger partial charge on any atom is -0.377 e. The Morgan fingerprint density at radius 2 is 2.21 bits per heavy atom. The molecule has 1 aliphatic rings. The number of ether oxygens (including phenoxy) is 1. The van der Waals surface area contributed by atoms with E-state index in [2.05, 4.69) is 0 Å². The van der Waals surface area contributed by atoms with Crippen molar-refractivity contribution in [1.29, 1.82) is 0 Å². The normalized spacial score (nSPS) is 25.2. The van der Waals surface area contributed by atoms with Crippen LogP contribution in [0.2, 0.25) is 0 Å². The molecule has 0 aromatic carbocycles. The summed E-state index contributed by atoms with van der Waals surface area (Å²) in [5.41, 5.74) is 5.82. The summed E-state index contributed by atoms with van der Waals surface area (Å²) in [5, 5.41) is 0. The first-order valence-electron chi connectivity index (χ1n) is 5.18. The van der Waals surface area contributed by atoms with E-state index in [-0.39, 0.29) is 23.9 Å². The average molecular weight is 200 g/mol. The van der Waals surface area contributed by atoms with Gasteiger partial charge in [-0.05, 0) is 12.8 Å².